The Morgan fingerprint density at radius 2 is 2.03 bits per heavy atom. The van der Waals surface area contributed by atoms with E-state index in [4.69, 9.17) is 9.47 Å². The zero-order chi connectivity index (χ0) is 20.8. The number of esters is 1. The van der Waals surface area contributed by atoms with Crippen molar-refractivity contribution in [1.82, 2.24) is 14.8 Å². The number of ether oxygens (including phenoxy) is 2. The Hall–Kier alpha value is -3.34. The monoisotopic (exact) mass is 418 g/mol. The smallest absolute Gasteiger partial charge is 0.341 e. The maximum Gasteiger partial charge on any atom is 0.341 e. The quantitative estimate of drug-likeness (QED) is 0.627. The molecule has 0 radical (unpaired) electrons. The first-order valence-electron chi connectivity index (χ1n) is 8.73. The van der Waals surface area contributed by atoms with E-state index in [2.05, 4.69) is 10.2 Å². The highest BCUT2D eigenvalue weighted by molar-refractivity contribution is 7.93. The molecule has 152 valence electrons. The van der Waals surface area contributed by atoms with Crippen molar-refractivity contribution in [2.45, 2.75) is 6.42 Å². The average molecular weight is 418 g/mol. The van der Waals surface area contributed by atoms with Crippen LogP contribution < -0.4 is 14.6 Å². The van der Waals surface area contributed by atoms with Gasteiger partial charge in [-0.3, -0.25) is 9.10 Å². The van der Waals surface area contributed by atoms with Gasteiger partial charge in [0.1, 0.15) is 17.0 Å². The third kappa shape index (κ3) is 3.12. The number of rotatable bonds is 4. The van der Waals surface area contributed by atoms with Crippen LogP contribution >= 0.6 is 0 Å². The van der Waals surface area contributed by atoms with Gasteiger partial charge >= 0.3 is 5.97 Å². The molecule has 3 aliphatic heterocycles. The minimum absolute atomic E-state index is 0.0700. The first-order valence-corrected chi connectivity index (χ1v) is 10.3. The second-order valence-electron chi connectivity index (χ2n) is 6.48. The molecule has 0 unspecified atom stereocenters. The Morgan fingerprint density at radius 1 is 1.24 bits per heavy atom. The van der Waals surface area contributed by atoms with Crippen molar-refractivity contribution in [3.63, 3.8) is 0 Å². The lowest BCUT2D eigenvalue weighted by molar-refractivity contribution is 0.0600. The third-order valence-electron chi connectivity index (χ3n) is 4.79. The van der Waals surface area contributed by atoms with Gasteiger partial charge in [-0.05, 0) is 24.6 Å². The van der Waals surface area contributed by atoms with Crippen LogP contribution in [0.2, 0.25) is 0 Å². The Morgan fingerprint density at radius 3 is 2.69 bits per heavy atom. The number of carbonyl (C=O) groups is 1. The zero-order valence-electron chi connectivity index (χ0n) is 15.7. The summed E-state index contributed by atoms with van der Waals surface area (Å²) in [6, 6.07) is 4.97. The third-order valence-corrected chi connectivity index (χ3v) is 6.65. The Bertz CT molecular complexity index is 1230. The Labute approximate surface area is 166 Å². The summed E-state index contributed by atoms with van der Waals surface area (Å²) in [6.07, 6.45) is 3.53. The summed E-state index contributed by atoms with van der Waals surface area (Å²) in [5.41, 5.74) is 0.998. The highest BCUT2D eigenvalue weighted by Gasteiger charge is 2.31. The minimum Gasteiger partial charge on any atom is -0.495 e. The fourth-order valence-electron chi connectivity index (χ4n) is 3.39. The first kappa shape index (κ1) is 19.0. The van der Waals surface area contributed by atoms with E-state index in [1.165, 1.54) is 30.9 Å². The number of carbonyl (C=O) groups excluding carboxylic acids is 1. The highest BCUT2D eigenvalue weighted by Crippen LogP contribution is 2.35. The lowest BCUT2D eigenvalue weighted by atomic mass is 10.1. The highest BCUT2D eigenvalue weighted by atomic mass is 32.2. The second kappa shape index (κ2) is 6.92. The number of aromatic nitrogens is 3. The molecule has 1 N–H and O–H groups in total. The van der Waals surface area contributed by atoms with Gasteiger partial charge in [0.2, 0.25) is 10.0 Å². The van der Waals surface area contributed by atoms with Crippen molar-refractivity contribution >= 4 is 21.7 Å². The fourth-order valence-corrected chi connectivity index (χ4v) is 4.95. The average Bonchev–Trinajstić information content (AvgIpc) is 3.27. The maximum atomic E-state index is 12.4. The zero-order valence-corrected chi connectivity index (χ0v) is 16.5. The molecule has 0 saturated carbocycles. The number of hydrogen-bond acceptors (Lipinski definition) is 7. The number of aromatic amines is 1. The number of pyridine rings is 1. The lowest BCUT2D eigenvalue weighted by Crippen LogP contribution is -2.25. The molecule has 0 spiro atoms. The lowest BCUT2D eigenvalue weighted by Gasteiger charge is -2.21. The van der Waals surface area contributed by atoms with E-state index < -0.39 is 21.6 Å². The molecule has 0 aliphatic carbocycles. The largest absolute Gasteiger partial charge is 0.495 e. The molecule has 3 aliphatic rings. The van der Waals surface area contributed by atoms with Crippen LogP contribution in [0.25, 0.3) is 16.9 Å². The molecule has 1 aromatic rings. The van der Waals surface area contributed by atoms with Gasteiger partial charge in [0.15, 0.2) is 0 Å². The molecule has 1 saturated heterocycles. The van der Waals surface area contributed by atoms with Crippen molar-refractivity contribution in [3.8, 4) is 22.7 Å². The summed E-state index contributed by atoms with van der Waals surface area (Å²) in [4.78, 5) is 24.3. The van der Waals surface area contributed by atoms with Crippen molar-refractivity contribution in [1.29, 1.82) is 0 Å². The van der Waals surface area contributed by atoms with E-state index in [1.807, 2.05) is 0 Å². The molecule has 3 heterocycles. The Balaban J connectivity index is 1.92. The number of H-pyrrole nitrogens is 1. The van der Waals surface area contributed by atoms with E-state index in [9.17, 15) is 18.0 Å². The van der Waals surface area contributed by atoms with Gasteiger partial charge < -0.3 is 14.0 Å². The van der Waals surface area contributed by atoms with Crippen LogP contribution in [0.1, 0.15) is 16.8 Å². The number of anilines is 1. The number of sulfonamides is 1. The molecule has 10 nitrogen and oxygen atoms in total. The molecule has 1 fully saturated rings. The number of nitrogens with one attached hydrogen (secondary N) is 1. The molecule has 0 bridgehead atoms. The van der Waals surface area contributed by atoms with Gasteiger partial charge in [0.05, 0.1) is 31.2 Å². The van der Waals surface area contributed by atoms with Crippen LogP contribution in [0.4, 0.5) is 5.69 Å². The summed E-state index contributed by atoms with van der Waals surface area (Å²) < 4.78 is 37.8. The van der Waals surface area contributed by atoms with Crippen LogP contribution in [0.15, 0.2) is 35.4 Å². The fraction of sp³-hybridized carbons (Fsp3) is 0.278. The van der Waals surface area contributed by atoms with Crippen molar-refractivity contribution in [2.75, 3.05) is 30.8 Å². The van der Waals surface area contributed by atoms with E-state index in [-0.39, 0.29) is 22.6 Å². The SMILES string of the molecule is COC(=O)c1cn(-c2ccc(OC)c(N3CCCS3(=O)=O)c2)cc2c(=O)[nH]nc1-2. The number of fused-ring (bicyclic) bond motifs is 1. The van der Waals surface area contributed by atoms with Gasteiger partial charge in [-0.2, -0.15) is 5.10 Å². The van der Waals surface area contributed by atoms with Crippen molar-refractivity contribution < 1.29 is 22.7 Å². The summed E-state index contributed by atoms with van der Waals surface area (Å²) in [5, 5.41) is 6.22. The number of benzene rings is 1. The molecule has 4 rings (SSSR count). The number of hydrogen-bond donors (Lipinski definition) is 1. The van der Waals surface area contributed by atoms with Crippen molar-refractivity contribution in [3.05, 3.63) is 46.5 Å². The van der Waals surface area contributed by atoms with Crippen molar-refractivity contribution in [2.24, 2.45) is 0 Å². The predicted molar refractivity (Wildman–Crippen MR) is 104 cm³/mol. The van der Waals surface area contributed by atoms with E-state index in [0.29, 0.717) is 30.1 Å². The summed E-state index contributed by atoms with van der Waals surface area (Å²) in [5.74, 6) is -0.172. The van der Waals surface area contributed by atoms with Gasteiger partial charge in [-0.1, -0.05) is 0 Å². The number of methoxy groups -OCH3 is 2. The van der Waals surface area contributed by atoms with Gasteiger partial charge in [0.25, 0.3) is 5.56 Å². The molecule has 1 aromatic carbocycles. The predicted octanol–water partition coefficient (Wildman–Crippen LogP) is 1.00. The van der Waals surface area contributed by atoms with Crippen LogP contribution in [0.3, 0.4) is 0 Å². The van der Waals surface area contributed by atoms with Gasteiger partial charge in [-0.15, -0.1) is 0 Å². The molecular formula is C18H18N4O6S. The van der Waals surface area contributed by atoms with Gasteiger partial charge in [0, 0.05) is 24.6 Å². The molecular weight excluding hydrogens is 400 g/mol. The van der Waals surface area contributed by atoms with E-state index in [1.54, 1.807) is 22.8 Å². The van der Waals surface area contributed by atoms with Crippen LogP contribution in [0, 0.1) is 0 Å². The molecule has 0 atom stereocenters. The normalized spacial score (nSPS) is 15.6. The maximum absolute atomic E-state index is 12.4. The van der Waals surface area contributed by atoms with E-state index in [0.717, 1.165) is 0 Å². The minimum atomic E-state index is -3.42. The standard InChI is InChI=1S/C18H18N4O6S/c1-27-15-5-4-11(8-14(15)22-6-3-7-29(22,25)26)21-9-12-16(19-20-17(12)23)13(10-21)18(24)28-2/h4-5,8-10H,3,6-7H2,1-2H3,(H,20,23). The van der Waals surface area contributed by atoms with Crippen LogP contribution in [-0.4, -0.2) is 55.7 Å². The van der Waals surface area contributed by atoms with Crippen LogP contribution in [-0.2, 0) is 14.8 Å². The van der Waals surface area contributed by atoms with E-state index >= 15 is 0 Å². The summed E-state index contributed by atoms with van der Waals surface area (Å²) in [7, 11) is -0.725. The van der Waals surface area contributed by atoms with Gasteiger partial charge in [-0.25, -0.2) is 18.3 Å². The van der Waals surface area contributed by atoms with Crippen LogP contribution in [0.5, 0.6) is 5.75 Å². The molecule has 0 aromatic heterocycles. The molecule has 29 heavy (non-hydrogen) atoms. The number of nitrogens with zero attached hydrogens (tertiary/aromatic N) is 3. The molecule has 11 heteroatoms. The molecule has 0 amide bonds. The Kier molecular flexibility index (Phi) is 4.53. The first-order chi connectivity index (χ1) is 13.9. The second-order valence-corrected chi connectivity index (χ2v) is 8.50. The topological polar surface area (TPSA) is 124 Å². The summed E-state index contributed by atoms with van der Waals surface area (Å²) >= 11 is 0. The summed E-state index contributed by atoms with van der Waals surface area (Å²) in [6.45, 7) is 0.353.